The molecule has 0 aromatic heterocycles. The van der Waals surface area contributed by atoms with E-state index in [1.807, 2.05) is 0 Å². The van der Waals surface area contributed by atoms with Gasteiger partial charge in [0.15, 0.2) is 0 Å². The van der Waals surface area contributed by atoms with Crippen LogP contribution in [-0.4, -0.2) is 0 Å². The zero-order valence-electron chi connectivity index (χ0n) is 9.64. The molecule has 0 amide bonds. The van der Waals surface area contributed by atoms with Crippen LogP contribution in [0.2, 0.25) is 0 Å². The minimum atomic E-state index is 0.748. The predicted octanol–water partition coefficient (Wildman–Crippen LogP) is 4.10. The summed E-state index contributed by atoms with van der Waals surface area (Å²) in [5.74, 6) is 4.26. The number of unbranched alkanes of at least 4 members (excludes halogenated alkanes) is 1. The van der Waals surface area contributed by atoms with E-state index in [1.54, 1.807) is 6.42 Å². The van der Waals surface area contributed by atoms with Crippen molar-refractivity contribution in [2.75, 3.05) is 0 Å². The SMILES string of the molecule is CCCCC1CC2C1C2(C)C(C)C. The number of rotatable bonds is 4. The van der Waals surface area contributed by atoms with E-state index in [9.17, 15) is 0 Å². The Labute approximate surface area is 83.1 Å². The molecule has 0 aromatic rings. The lowest BCUT2D eigenvalue weighted by Crippen LogP contribution is -2.15. The van der Waals surface area contributed by atoms with E-state index >= 15 is 0 Å². The van der Waals surface area contributed by atoms with E-state index in [2.05, 4.69) is 27.7 Å². The molecule has 0 nitrogen and oxygen atoms in total. The van der Waals surface area contributed by atoms with Crippen LogP contribution in [0.4, 0.5) is 0 Å². The van der Waals surface area contributed by atoms with Crippen molar-refractivity contribution in [2.24, 2.45) is 29.1 Å². The molecule has 0 aliphatic heterocycles. The van der Waals surface area contributed by atoms with Crippen LogP contribution < -0.4 is 0 Å². The molecule has 0 heteroatoms. The Bertz CT molecular complexity index is 194. The van der Waals surface area contributed by atoms with Gasteiger partial charge >= 0.3 is 0 Å². The molecule has 2 saturated carbocycles. The first-order valence-electron chi connectivity index (χ1n) is 6.12. The van der Waals surface area contributed by atoms with Crippen LogP contribution in [0, 0.1) is 29.1 Å². The molecule has 0 radical (unpaired) electrons. The van der Waals surface area contributed by atoms with Crippen molar-refractivity contribution in [2.45, 2.75) is 53.4 Å². The second-order valence-corrected chi connectivity index (χ2v) is 5.79. The van der Waals surface area contributed by atoms with Gasteiger partial charge in [-0.1, -0.05) is 47.0 Å². The van der Waals surface area contributed by atoms with Gasteiger partial charge in [-0.25, -0.2) is 0 Å². The van der Waals surface area contributed by atoms with Gasteiger partial charge in [-0.2, -0.15) is 0 Å². The maximum Gasteiger partial charge on any atom is -0.0238 e. The fourth-order valence-electron chi connectivity index (χ4n) is 3.75. The Hall–Kier alpha value is 0. The highest BCUT2D eigenvalue weighted by atomic mass is 14.8. The van der Waals surface area contributed by atoms with Crippen LogP contribution in [-0.2, 0) is 0 Å². The summed E-state index contributed by atoms with van der Waals surface area (Å²) in [4.78, 5) is 0. The van der Waals surface area contributed by atoms with E-state index in [4.69, 9.17) is 0 Å². The molecule has 4 unspecified atom stereocenters. The molecule has 76 valence electrons. The van der Waals surface area contributed by atoms with Crippen LogP contribution in [0.3, 0.4) is 0 Å². The zero-order valence-corrected chi connectivity index (χ0v) is 9.64. The Morgan fingerprint density at radius 2 is 2.08 bits per heavy atom. The van der Waals surface area contributed by atoms with Crippen molar-refractivity contribution in [1.82, 2.24) is 0 Å². The molecular weight excluding hydrogens is 156 g/mol. The summed E-state index contributed by atoms with van der Waals surface area (Å²) in [5.41, 5.74) is 0.748. The Morgan fingerprint density at radius 3 is 2.54 bits per heavy atom. The first-order valence-corrected chi connectivity index (χ1v) is 6.12. The molecule has 2 aliphatic rings. The molecule has 2 fully saturated rings. The lowest BCUT2D eigenvalue weighted by Gasteiger charge is -2.24. The van der Waals surface area contributed by atoms with Crippen molar-refractivity contribution in [3.8, 4) is 0 Å². The van der Waals surface area contributed by atoms with Crippen molar-refractivity contribution in [3.63, 3.8) is 0 Å². The van der Waals surface area contributed by atoms with Gasteiger partial charge in [-0.05, 0) is 35.5 Å². The van der Waals surface area contributed by atoms with Crippen molar-refractivity contribution < 1.29 is 0 Å². The van der Waals surface area contributed by atoms with E-state index in [0.717, 1.165) is 29.1 Å². The first kappa shape index (κ1) is 9.55. The Morgan fingerprint density at radius 1 is 1.38 bits per heavy atom. The van der Waals surface area contributed by atoms with Gasteiger partial charge in [-0.3, -0.25) is 0 Å². The smallest absolute Gasteiger partial charge is 0.0238 e. The maximum absolute atomic E-state index is 2.53. The summed E-state index contributed by atoms with van der Waals surface area (Å²) in [7, 11) is 0. The summed E-state index contributed by atoms with van der Waals surface area (Å²) in [5, 5.41) is 0. The molecule has 0 aromatic carbocycles. The summed E-state index contributed by atoms with van der Waals surface area (Å²) in [6, 6.07) is 0. The third kappa shape index (κ3) is 1.17. The summed E-state index contributed by atoms with van der Waals surface area (Å²) >= 11 is 0. The monoisotopic (exact) mass is 180 g/mol. The Balaban J connectivity index is 1.85. The molecule has 2 aliphatic carbocycles. The minimum Gasteiger partial charge on any atom is -0.0654 e. The fraction of sp³-hybridized carbons (Fsp3) is 1.00. The third-order valence-electron chi connectivity index (χ3n) is 5.08. The van der Waals surface area contributed by atoms with Crippen LogP contribution in [0.15, 0.2) is 0 Å². The van der Waals surface area contributed by atoms with Crippen LogP contribution in [0.1, 0.15) is 53.4 Å². The quantitative estimate of drug-likeness (QED) is 0.611. The van der Waals surface area contributed by atoms with Gasteiger partial charge in [0.05, 0.1) is 0 Å². The second kappa shape index (κ2) is 3.00. The highest BCUT2D eigenvalue weighted by molar-refractivity contribution is 5.18. The van der Waals surface area contributed by atoms with Crippen LogP contribution in [0.5, 0.6) is 0 Å². The van der Waals surface area contributed by atoms with Gasteiger partial charge < -0.3 is 0 Å². The third-order valence-corrected chi connectivity index (χ3v) is 5.08. The van der Waals surface area contributed by atoms with E-state index in [0.29, 0.717) is 0 Å². The van der Waals surface area contributed by atoms with Gasteiger partial charge in [-0.15, -0.1) is 0 Å². The predicted molar refractivity (Wildman–Crippen MR) is 57.6 cm³/mol. The summed E-state index contributed by atoms with van der Waals surface area (Å²) < 4.78 is 0. The van der Waals surface area contributed by atoms with Crippen molar-refractivity contribution >= 4 is 0 Å². The molecule has 13 heavy (non-hydrogen) atoms. The lowest BCUT2D eigenvalue weighted by atomic mass is 9.81. The van der Waals surface area contributed by atoms with Gasteiger partial charge in [0.25, 0.3) is 0 Å². The largest absolute Gasteiger partial charge is 0.0654 e. The van der Waals surface area contributed by atoms with Crippen molar-refractivity contribution in [1.29, 1.82) is 0 Å². The standard InChI is InChI=1S/C13H24/c1-5-6-7-10-8-11-12(10)13(11,4)9(2)3/h9-12H,5-8H2,1-4H3. The molecule has 4 atom stereocenters. The maximum atomic E-state index is 2.53. The number of hydrogen-bond donors (Lipinski definition) is 0. The normalized spacial score (nSPS) is 47.3. The molecule has 0 bridgehead atoms. The topological polar surface area (TPSA) is 0 Å². The second-order valence-electron chi connectivity index (χ2n) is 5.79. The number of fused-ring (bicyclic) bond motifs is 1. The van der Waals surface area contributed by atoms with Crippen LogP contribution in [0.25, 0.3) is 0 Å². The number of hydrogen-bond acceptors (Lipinski definition) is 0. The van der Waals surface area contributed by atoms with E-state index < -0.39 is 0 Å². The van der Waals surface area contributed by atoms with Gasteiger partial charge in [0.2, 0.25) is 0 Å². The minimum absolute atomic E-state index is 0.748. The molecule has 0 saturated heterocycles. The molecule has 2 rings (SSSR count). The Kier molecular flexibility index (Phi) is 2.20. The molecule has 0 heterocycles. The van der Waals surface area contributed by atoms with Crippen LogP contribution >= 0.6 is 0 Å². The van der Waals surface area contributed by atoms with E-state index in [-0.39, 0.29) is 0 Å². The fourth-order valence-corrected chi connectivity index (χ4v) is 3.75. The van der Waals surface area contributed by atoms with E-state index in [1.165, 1.54) is 19.3 Å². The molecular formula is C13H24. The summed E-state index contributed by atoms with van der Waals surface area (Å²) in [6.07, 6.45) is 5.91. The first-order chi connectivity index (χ1) is 6.12. The average molecular weight is 180 g/mol. The average Bonchev–Trinajstić information content (AvgIpc) is 2.50. The van der Waals surface area contributed by atoms with Gasteiger partial charge in [0.1, 0.15) is 0 Å². The molecule has 0 N–H and O–H groups in total. The highest BCUT2D eigenvalue weighted by Gasteiger charge is 2.71. The van der Waals surface area contributed by atoms with Gasteiger partial charge in [0, 0.05) is 0 Å². The van der Waals surface area contributed by atoms with Crippen molar-refractivity contribution in [3.05, 3.63) is 0 Å². The summed E-state index contributed by atoms with van der Waals surface area (Å²) in [6.45, 7) is 9.66. The highest BCUT2D eigenvalue weighted by Crippen LogP contribution is 2.76. The molecule has 0 spiro atoms. The zero-order chi connectivity index (χ0) is 9.64. The lowest BCUT2D eigenvalue weighted by molar-refractivity contribution is 0.259.